The number of nitrogens with zero attached hydrogens (tertiary/aromatic N) is 4. The standard InChI is InChI=1S/C24H30N8O/c25-20(19-3-1-2-4-22(19)33)11-21-23(26)28-14-18-15-31(9-10-32(18)21)24-29-12-17(13-30-24)16-5-7-27-8-6-16/h1-5,11-13,18,27-28,33H,6-10,14-15,25-26H2/b20-11-. The molecule has 172 valence electrons. The lowest BCUT2D eigenvalue weighted by Crippen LogP contribution is -2.59. The monoisotopic (exact) mass is 446 g/mol. The van der Waals surface area contributed by atoms with Gasteiger partial charge in [0, 0.05) is 61.9 Å². The molecule has 1 aromatic carbocycles. The van der Waals surface area contributed by atoms with Crippen molar-refractivity contribution in [1.29, 1.82) is 0 Å². The van der Waals surface area contributed by atoms with Gasteiger partial charge < -0.3 is 37.0 Å². The second-order valence-electron chi connectivity index (χ2n) is 8.55. The summed E-state index contributed by atoms with van der Waals surface area (Å²) in [6.45, 7) is 4.95. The molecule has 0 amide bonds. The Hall–Kier alpha value is -3.72. The van der Waals surface area contributed by atoms with Crippen molar-refractivity contribution in [3.8, 4) is 5.75 Å². The van der Waals surface area contributed by atoms with Crippen LogP contribution in [0.3, 0.4) is 0 Å². The van der Waals surface area contributed by atoms with Crippen molar-refractivity contribution < 1.29 is 5.11 Å². The first-order valence-electron chi connectivity index (χ1n) is 11.3. The van der Waals surface area contributed by atoms with Gasteiger partial charge in [-0.05, 0) is 36.7 Å². The maximum absolute atomic E-state index is 10.1. The van der Waals surface area contributed by atoms with Crippen molar-refractivity contribution in [2.45, 2.75) is 12.5 Å². The number of aromatic hydroxyl groups is 1. The quantitative estimate of drug-likeness (QED) is 0.463. The Kier molecular flexibility index (Phi) is 5.78. The van der Waals surface area contributed by atoms with Crippen LogP contribution >= 0.6 is 0 Å². The summed E-state index contributed by atoms with van der Waals surface area (Å²) in [5.41, 5.74) is 16.9. The maximum Gasteiger partial charge on any atom is 0.225 e. The van der Waals surface area contributed by atoms with Gasteiger partial charge in [-0.1, -0.05) is 18.2 Å². The molecule has 0 bridgehead atoms. The summed E-state index contributed by atoms with van der Waals surface area (Å²) in [7, 11) is 0. The number of rotatable bonds is 4. The number of phenolic OH excluding ortho intramolecular Hbond substituents is 1. The van der Waals surface area contributed by atoms with Crippen LogP contribution in [0.5, 0.6) is 5.75 Å². The molecule has 1 fully saturated rings. The summed E-state index contributed by atoms with van der Waals surface area (Å²) in [4.78, 5) is 13.8. The third-order valence-electron chi connectivity index (χ3n) is 6.46. The maximum atomic E-state index is 10.1. The summed E-state index contributed by atoms with van der Waals surface area (Å²) in [5, 5.41) is 16.8. The molecule has 33 heavy (non-hydrogen) atoms. The Balaban J connectivity index is 1.31. The van der Waals surface area contributed by atoms with Gasteiger partial charge in [0.05, 0.1) is 11.7 Å². The van der Waals surface area contributed by atoms with Crippen molar-refractivity contribution in [3.05, 3.63) is 71.5 Å². The van der Waals surface area contributed by atoms with E-state index in [1.54, 1.807) is 18.2 Å². The summed E-state index contributed by atoms with van der Waals surface area (Å²) >= 11 is 0. The smallest absolute Gasteiger partial charge is 0.225 e. The first-order chi connectivity index (χ1) is 16.1. The van der Waals surface area contributed by atoms with E-state index in [0.29, 0.717) is 17.1 Å². The van der Waals surface area contributed by atoms with Crippen LogP contribution in [0.4, 0.5) is 5.95 Å². The minimum atomic E-state index is 0.149. The Morgan fingerprint density at radius 2 is 2.00 bits per heavy atom. The number of fused-ring (bicyclic) bond motifs is 1. The molecule has 0 radical (unpaired) electrons. The molecule has 2 aromatic rings. The van der Waals surface area contributed by atoms with Crippen molar-refractivity contribution in [2.75, 3.05) is 44.2 Å². The molecule has 9 nitrogen and oxygen atoms in total. The highest BCUT2D eigenvalue weighted by atomic mass is 16.3. The van der Waals surface area contributed by atoms with Crippen LogP contribution in [0.2, 0.25) is 0 Å². The van der Waals surface area contributed by atoms with Gasteiger partial charge in [0.25, 0.3) is 0 Å². The molecule has 9 heteroatoms. The summed E-state index contributed by atoms with van der Waals surface area (Å²) in [6.07, 6.45) is 8.93. The molecule has 3 aliphatic rings. The molecular formula is C24H30N8O. The number of phenols is 1. The second kappa shape index (κ2) is 9.03. The van der Waals surface area contributed by atoms with E-state index in [-0.39, 0.29) is 11.8 Å². The number of allylic oxidation sites excluding steroid dienone is 1. The summed E-state index contributed by atoms with van der Waals surface area (Å²) < 4.78 is 0. The van der Waals surface area contributed by atoms with Gasteiger partial charge in [0.1, 0.15) is 11.6 Å². The Morgan fingerprint density at radius 3 is 2.76 bits per heavy atom. The lowest BCUT2D eigenvalue weighted by atomic mass is 10.0. The number of nitrogens with one attached hydrogen (secondary N) is 2. The molecule has 1 atom stereocenters. The fourth-order valence-electron chi connectivity index (χ4n) is 4.64. The molecule has 0 spiro atoms. The van der Waals surface area contributed by atoms with Gasteiger partial charge in [-0.25, -0.2) is 9.97 Å². The number of anilines is 1. The van der Waals surface area contributed by atoms with Gasteiger partial charge in [-0.15, -0.1) is 0 Å². The molecule has 0 aliphatic carbocycles. The number of nitrogens with two attached hydrogens (primary N) is 2. The number of aromatic nitrogens is 2. The van der Waals surface area contributed by atoms with Crippen LogP contribution in [0, 0.1) is 0 Å². The fourth-order valence-corrected chi connectivity index (χ4v) is 4.64. The van der Waals surface area contributed by atoms with Crippen molar-refractivity contribution in [2.24, 2.45) is 11.5 Å². The average molecular weight is 447 g/mol. The van der Waals surface area contributed by atoms with Crippen LogP contribution in [-0.2, 0) is 0 Å². The zero-order chi connectivity index (χ0) is 22.8. The first kappa shape index (κ1) is 21.1. The summed E-state index contributed by atoms with van der Waals surface area (Å²) in [6, 6.07) is 7.24. The Labute approximate surface area is 193 Å². The van der Waals surface area contributed by atoms with Gasteiger partial charge >= 0.3 is 0 Å². The van der Waals surface area contributed by atoms with E-state index in [1.807, 2.05) is 24.5 Å². The predicted molar refractivity (Wildman–Crippen MR) is 130 cm³/mol. The molecule has 5 rings (SSSR count). The average Bonchev–Trinajstić information content (AvgIpc) is 2.86. The van der Waals surface area contributed by atoms with E-state index < -0.39 is 0 Å². The van der Waals surface area contributed by atoms with Crippen LogP contribution in [0.25, 0.3) is 11.3 Å². The number of hydrogen-bond donors (Lipinski definition) is 5. The highest BCUT2D eigenvalue weighted by Crippen LogP contribution is 2.28. The minimum absolute atomic E-state index is 0.149. The molecule has 7 N–H and O–H groups in total. The first-order valence-corrected chi connectivity index (χ1v) is 11.3. The van der Waals surface area contributed by atoms with Crippen molar-refractivity contribution in [1.82, 2.24) is 25.5 Å². The normalized spacial score (nSPS) is 21.4. The van der Waals surface area contributed by atoms with Crippen LogP contribution in [-0.4, -0.2) is 65.3 Å². The molecule has 1 aromatic heterocycles. The summed E-state index contributed by atoms with van der Waals surface area (Å²) in [5.74, 6) is 1.49. The molecule has 1 unspecified atom stereocenters. The van der Waals surface area contributed by atoms with Gasteiger partial charge in [-0.3, -0.25) is 0 Å². The minimum Gasteiger partial charge on any atom is -0.507 e. The molecule has 3 aliphatic heterocycles. The molecule has 4 heterocycles. The third-order valence-corrected chi connectivity index (χ3v) is 6.46. The van der Waals surface area contributed by atoms with Crippen molar-refractivity contribution in [3.63, 3.8) is 0 Å². The fraction of sp³-hybridized carbons (Fsp3) is 0.333. The largest absolute Gasteiger partial charge is 0.507 e. The molecule has 1 saturated heterocycles. The lowest BCUT2D eigenvalue weighted by molar-refractivity contribution is 0.211. The lowest BCUT2D eigenvalue weighted by Gasteiger charge is -2.46. The SMILES string of the molecule is NC1=C(/C=C(\N)c2ccccc2O)N2CCN(c3ncc(C4=CCNCC4)cn3)CC2CN1. The van der Waals surface area contributed by atoms with Crippen LogP contribution in [0.1, 0.15) is 17.5 Å². The Bertz CT molecular complexity index is 1110. The van der Waals surface area contributed by atoms with E-state index in [9.17, 15) is 5.11 Å². The van der Waals surface area contributed by atoms with E-state index in [0.717, 1.165) is 62.9 Å². The number of hydrogen-bond acceptors (Lipinski definition) is 9. The zero-order valence-corrected chi connectivity index (χ0v) is 18.5. The molecule has 0 saturated carbocycles. The van der Waals surface area contributed by atoms with Gasteiger partial charge in [0.2, 0.25) is 5.95 Å². The third kappa shape index (κ3) is 4.31. The van der Waals surface area contributed by atoms with E-state index in [1.165, 1.54) is 5.57 Å². The van der Waals surface area contributed by atoms with E-state index in [2.05, 4.69) is 36.5 Å². The van der Waals surface area contributed by atoms with Crippen LogP contribution in [0.15, 0.2) is 60.3 Å². The predicted octanol–water partition coefficient (Wildman–Crippen LogP) is 0.780. The van der Waals surface area contributed by atoms with E-state index >= 15 is 0 Å². The van der Waals surface area contributed by atoms with Crippen molar-refractivity contribution >= 4 is 17.2 Å². The highest BCUT2D eigenvalue weighted by molar-refractivity contribution is 5.70. The Morgan fingerprint density at radius 1 is 1.18 bits per heavy atom. The van der Waals surface area contributed by atoms with E-state index in [4.69, 9.17) is 11.5 Å². The second-order valence-corrected chi connectivity index (χ2v) is 8.55. The zero-order valence-electron chi connectivity index (χ0n) is 18.5. The van der Waals surface area contributed by atoms with Gasteiger partial charge in [-0.2, -0.15) is 0 Å². The highest BCUT2D eigenvalue weighted by Gasteiger charge is 2.33. The molecular weight excluding hydrogens is 416 g/mol. The number of para-hydroxylation sites is 1. The topological polar surface area (TPSA) is 129 Å². The van der Waals surface area contributed by atoms with Gasteiger partial charge in [0.15, 0.2) is 0 Å². The number of piperazine rings is 1. The van der Waals surface area contributed by atoms with Crippen LogP contribution < -0.4 is 27.0 Å². The number of benzene rings is 1.